The molecule has 5 nitrogen and oxygen atoms in total. The van der Waals surface area contributed by atoms with Gasteiger partial charge in [-0.25, -0.2) is 9.97 Å². The van der Waals surface area contributed by atoms with Crippen LogP contribution in [-0.2, 0) is 13.0 Å². The molecule has 0 amide bonds. The third-order valence-electron chi connectivity index (χ3n) is 5.06. The Hall–Kier alpha value is -2.01. The van der Waals surface area contributed by atoms with E-state index in [4.69, 9.17) is 0 Å². The zero-order valence-corrected chi connectivity index (χ0v) is 13.6. The monoisotopic (exact) mass is 309 g/mol. The summed E-state index contributed by atoms with van der Waals surface area (Å²) in [7, 11) is 0. The van der Waals surface area contributed by atoms with Crippen molar-refractivity contribution < 1.29 is 0 Å². The summed E-state index contributed by atoms with van der Waals surface area (Å²) < 4.78 is 0. The first-order valence-electron chi connectivity index (χ1n) is 8.50. The predicted molar refractivity (Wildman–Crippen MR) is 90.1 cm³/mol. The van der Waals surface area contributed by atoms with E-state index < -0.39 is 0 Å². The van der Waals surface area contributed by atoms with Crippen LogP contribution in [0, 0.1) is 11.8 Å². The maximum Gasteiger partial charge on any atom is 0.225 e. The molecule has 2 fully saturated rings. The van der Waals surface area contributed by atoms with E-state index in [0.29, 0.717) is 0 Å². The van der Waals surface area contributed by atoms with Crippen LogP contribution in [0.4, 0.5) is 5.95 Å². The molecule has 4 heterocycles. The number of pyridine rings is 1. The van der Waals surface area contributed by atoms with Crippen LogP contribution in [0.15, 0.2) is 36.8 Å². The molecule has 4 rings (SSSR count). The summed E-state index contributed by atoms with van der Waals surface area (Å²) in [6, 6.07) is 6.16. The fourth-order valence-corrected chi connectivity index (χ4v) is 3.80. The van der Waals surface area contributed by atoms with Gasteiger partial charge in [-0.3, -0.25) is 9.88 Å². The summed E-state index contributed by atoms with van der Waals surface area (Å²) in [6.07, 6.45) is 6.80. The van der Waals surface area contributed by atoms with Crippen LogP contribution < -0.4 is 4.90 Å². The SMILES string of the molecule is CCc1cnc(N2C[C@H]3CN(Cc4ccccn4)C[C@H]3C2)nc1. The Morgan fingerprint density at radius 2 is 1.74 bits per heavy atom. The maximum absolute atomic E-state index is 4.54. The van der Waals surface area contributed by atoms with Gasteiger partial charge in [0, 0.05) is 51.3 Å². The van der Waals surface area contributed by atoms with Gasteiger partial charge in [-0.05, 0) is 36.0 Å². The zero-order valence-electron chi connectivity index (χ0n) is 13.6. The van der Waals surface area contributed by atoms with Crippen molar-refractivity contribution in [1.29, 1.82) is 0 Å². The summed E-state index contributed by atoms with van der Waals surface area (Å²) in [5, 5.41) is 0. The van der Waals surface area contributed by atoms with Crippen LogP contribution >= 0.6 is 0 Å². The molecule has 0 radical (unpaired) electrons. The van der Waals surface area contributed by atoms with E-state index >= 15 is 0 Å². The molecule has 2 aliphatic heterocycles. The molecule has 0 saturated carbocycles. The fraction of sp³-hybridized carbons (Fsp3) is 0.500. The van der Waals surface area contributed by atoms with Gasteiger partial charge in [0.1, 0.15) is 0 Å². The molecule has 2 aromatic heterocycles. The first kappa shape index (κ1) is 14.6. The lowest BCUT2D eigenvalue weighted by Crippen LogP contribution is -2.29. The number of nitrogens with zero attached hydrogens (tertiary/aromatic N) is 5. The largest absolute Gasteiger partial charge is 0.340 e. The minimum Gasteiger partial charge on any atom is -0.340 e. The predicted octanol–water partition coefficient (Wildman–Crippen LogP) is 2.00. The van der Waals surface area contributed by atoms with Crippen molar-refractivity contribution in [3.8, 4) is 0 Å². The van der Waals surface area contributed by atoms with E-state index in [2.05, 4.69) is 43.8 Å². The average Bonchev–Trinajstić information content (AvgIpc) is 3.14. The molecular formula is C18H23N5. The van der Waals surface area contributed by atoms with Crippen molar-refractivity contribution in [2.45, 2.75) is 19.9 Å². The molecule has 0 aromatic carbocycles. The van der Waals surface area contributed by atoms with Crippen molar-refractivity contribution in [3.05, 3.63) is 48.0 Å². The smallest absolute Gasteiger partial charge is 0.225 e. The second-order valence-corrected chi connectivity index (χ2v) is 6.69. The molecule has 0 bridgehead atoms. The molecule has 23 heavy (non-hydrogen) atoms. The van der Waals surface area contributed by atoms with Gasteiger partial charge in [0.25, 0.3) is 0 Å². The third-order valence-corrected chi connectivity index (χ3v) is 5.06. The first-order chi connectivity index (χ1) is 11.3. The maximum atomic E-state index is 4.54. The molecule has 2 aliphatic rings. The molecule has 2 saturated heterocycles. The summed E-state index contributed by atoms with van der Waals surface area (Å²) in [6.45, 7) is 7.57. The second kappa shape index (κ2) is 6.24. The van der Waals surface area contributed by atoms with Gasteiger partial charge in [0.15, 0.2) is 0 Å². The Balaban J connectivity index is 1.36. The van der Waals surface area contributed by atoms with Crippen molar-refractivity contribution >= 4 is 5.95 Å². The van der Waals surface area contributed by atoms with Crippen LogP contribution in [0.1, 0.15) is 18.2 Å². The number of rotatable bonds is 4. The number of likely N-dealkylation sites (tertiary alicyclic amines) is 1. The third kappa shape index (κ3) is 3.06. The summed E-state index contributed by atoms with van der Waals surface area (Å²) in [5.41, 5.74) is 2.37. The highest BCUT2D eigenvalue weighted by atomic mass is 15.3. The number of aryl methyl sites for hydroxylation is 1. The van der Waals surface area contributed by atoms with Gasteiger partial charge in [-0.15, -0.1) is 0 Å². The molecule has 5 heteroatoms. The van der Waals surface area contributed by atoms with E-state index in [1.165, 1.54) is 11.3 Å². The highest BCUT2D eigenvalue weighted by Crippen LogP contribution is 2.33. The standard InChI is InChI=1S/C18H23N5/c1-2-14-7-20-18(21-8-14)23-11-15-9-22(10-16(15)12-23)13-17-5-3-4-6-19-17/h3-8,15-16H,2,9-13H2,1H3/t15-,16+. The normalized spacial score (nSPS) is 24.1. The van der Waals surface area contributed by atoms with E-state index in [9.17, 15) is 0 Å². The van der Waals surface area contributed by atoms with Gasteiger partial charge in [0.05, 0.1) is 5.69 Å². The fourth-order valence-electron chi connectivity index (χ4n) is 3.80. The molecular weight excluding hydrogens is 286 g/mol. The second-order valence-electron chi connectivity index (χ2n) is 6.69. The zero-order chi connectivity index (χ0) is 15.6. The summed E-state index contributed by atoms with van der Waals surface area (Å²) in [5.74, 6) is 2.36. The highest BCUT2D eigenvalue weighted by molar-refractivity contribution is 5.33. The van der Waals surface area contributed by atoms with Crippen LogP contribution in [0.25, 0.3) is 0 Å². The number of anilines is 1. The molecule has 0 unspecified atom stereocenters. The van der Waals surface area contributed by atoms with Crippen molar-refractivity contribution in [2.75, 3.05) is 31.1 Å². The summed E-state index contributed by atoms with van der Waals surface area (Å²) in [4.78, 5) is 18.4. The van der Waals surface area contributed by atoms with Gasteiger partial charge in [-0.1, -0.05) is 13.0 Å². The van der Waals surface area contributed by atoms with Gasteiger partial charge >= 0.3 is 0 Å². The van der Waals surface area contributed by atoms with Gasteiger partial charge in [-0.2, -0.15) is 0 Å². The Morgan fingerprint density at radius 3 is 2.35 bits per heavy atom. The Bertz CT molecular complexity index is 628. The van der Waals surface area contributed by atoms with Crippen molar-refractivity contribution in [1.82, 2.24) is 19.9 Å². The van der Waals surface area contributed by atoms with E-state index in [1.54, 1.807) is 0 Å². The van der Waals surface area contributed by atoms with Gasteiger partial charge in [0.2, 0.25) is 5.95 Å². The molecule has 0 aliphatic carbocycles. The highest BCUT2D eigenvalue weighted by Gasteiger charge is 2.40. The number of aromatic nitrogens is 3. The Labute approximate surface area is 137 Å². The topological polar surface area (TPSA) is 45.2 Å². The number of hydrogen-bond donors (Lipinski definition) is 0. The number of fused-ring (bicyclic) bond motifs is 1. The average molecular weight is 309 g/mol. The molecule has 2 atom stereocenters. The minimum absolute atomic E-state index is 0.730. The van der Waals surface area contributed by atoms with Crippen LogP contribution in [0.5, 0.6) is 0 Å². The van der Waals surface area contributed by atoms with Crippen molar-refractivity contribution in [2.24, 2.45) is 11.8 Å². The van der Waals surface area contributed by atoms with Crippen molar-refractivity contribution in [3.63, 3.8) is 0 Å². The minimum atomic E-state index is 0.730. The molecule has 0 N–H and O–H groups in total. The lowest BCUT2D eigenvalue weighted by atomic mass is 10.0. The van der Waals surface area contributed by atoms with Gasteiger partial charge < -0.3 is 4.90 Å². The lowest BCUT2D eigenvalue weighted by Gasteiger charge is -2.21. The van der Waals surface area contributed by atoms with Crippen LogP contribution in [-0.4, -0.2) is 46.0 Å². The van der Waals surface area contributed by atoms with Crippen LogP contribution in [0.3, 0.4) is 0 Å². The first-order valence-corrected chi connectivity index (χ1v) is 8.50. The Kier molecular flexibility index (Phi) is 3.95. The Morgan fingerprint density at radius 1 is 1.00 bits per heavy atom. The van der Waals surface area contributed by atoms with Crippen LogP contribution in [0.2, 0.25) is 0 Å². The number of hydrogen-bond acceptors (Lipinski definition) is 5. The van der Waals surface area contributed by atoms with E-state index in [1.807, 2.05) is 24.7 Å². The lowest BCUT2D eigenvalue weighted by molar-refractivity contribution is 0.305. The quantitative estimate of drug-likeness (QED) is 0.864. The van der Waals surface area contributed by atoms with E-state index in [-0.39, 0.29) is 0 Å². The summed E-state index contributed by atoms with van der Waals surface area (Å²) >= 11 is 0. The molecule has 2 aromatic rings. The van der Waals surface area contributed by atoms with E-state index in [0.717, 1.165) is 56.9 Å². The molecule has 0 spiro atoms. The molecule has 120 valence electrons.